The van der Waals surface area contributed by atoms with Crippen LogP contribution in [-0.2, 0) is 0 Å². The third-order valence-electron chi connectivity index (χ3n) is 2.37. The van der Waals surface area contributed by atoms with Crippen molar-refractivity contribution in [2.75, 3.05) is 25.7 Å². The summed E-state index contributed by atoms with van der Waals surface area (Å²) in [6.45, 7) is 3.23. The zero-order chi connectivity index (χ0) is 11.1. The summed E-state index contributed by atoms with van der Waals surface area (Å²) in [6, 6.07) is 8.62. The molecule has 3 heteroatoms. The second-order valence-electron chi connectivity index (χ2n) is 3.44. The molecule has 0 aliphatic carbocycles. The van der Waals surface area contributed by atoms with E-state index in [4.69, 9.17) is 4.74 Å². The molecule has 15 heavy (non-hydrogen) atoms. The van der Waals surface area contributed by atoms with Crippen molar-refractivity contribution >= 4 is 11.8 Å². The first-order chi connectivity index (χ1) is 7.27. The molecule has 0 spiro atoms. The maximum absolute atomic E-state index is 5.12. The first-order valence-corrected chi connectivity index (χ1v) is 6.53. The minimum atomic E-state index is 0.406. The molecule has 0 bridgehead atoms. The van der Waals surface area contributed by atoms with E-state index in [0.29, 0.717) is 6.04 Å². The van der Waals surface area contributed by atoms with E-state index in [1.807, 2.05) is 23.9 Å². The Morgan fingerprint density at radius 3 is 2.53 bits per heavy atom. The number of hydrogen-bond acceptors (Lipinski definition) is 3. The molecule has 0 radical (unpaired) electrons. The summed E-state index contributed by atoms with van der Waals surface area (Å²) in [6.07, 6.45) is 2.12. The van der Waals surface area contributed by atoms with E-state index in [9.17, 15) is 0 Å². The van der Waals surface area contributed by atoms with Gasteiger partial charge in [-0.05, 0) is 30.9 Å². The van der Waals surface area contributed by atoms with Gasteiger partial charge in [0, 0.05) is 18.3 Å². The average molecular weight is 225 g/mol. The molecule has 0 fully saturated rings. The molecule has 84 valence electrons. The average Bonchev–Trinajstić information content (AvgIpc) is 2.29. The van der Waals surface area contributed by atoms with Crippen LogP contribution in [0.15, 0.2) is 24.3 Å². The Morgan fingerprint density at radius 1 is 1.33 bits per heavy atom. The van der Waals surface area contributed by atoms with E-state index in [2.05, 4.69) is 30.6 Å². The van der Waals surface area contributed by atoms with Crippen molar-refractivity contribution in [3.63, 3.8) is 0 Å². The fourth-order valence-electron chi connectivity index (χ4n) is 1.39. The lowest BCUT2D eigenvalue weighted by Gasteiger charge is -2.14. The van der Waals surface area contributed by atoms with Crippen molar-refractivity contribution in [3.05, 3.63) is 29.8 Å². The maximum Gasteiger partial charge on any atom is 0.118 e. The van der Waals surface area contributed by atoms with Gasteiger partial charge in [0.15, 0.2) is 0 Å². The van der Waals surface area contributed by atoms with Gasteiger partial charge in [-0.2, -0.15) is 11.8 Å². The molecule has 0 aliphatic rings. The fraction of sp³-hybridized carbons (Fsp3) is 0.500. The van der Waals surface area contributed by atoms with Crippen molar-refractivity contribution in [2.24, 2.45) is 0 Å². The summed E-state index contributed by atoms with van der Waals surface area (Å²) in [7, 11) is 1.69. The SMILES string of the molecule is COc1ccc([C@@H](C)NCCSC)cc1. The Kier molecular flexibility index (Phi) is 5.58. The second kappa shape index (κ2) is 6.75. The van der Waals surface area contributed by atoms with Crippen molar-refractivity contribution in [3.8, 4) is 5.75 Å². The predicted octanol–water partition coefficient (Wildman–Crippen LogP) is 2.71. The molecule has 0 aromatic heterocycles. The van der Waals surface area contributed by atoms with E-state index < -0.39 is 0 Å². The van der Waals surface area contributed by atoms with Gasteiger partial charge in [0.1, 0.15) is 5.75 Å². The molecule has 0 aliphatic heterocycles. The number of rotatable bonds is 6. The lowest BCUT2D eigenvalue weighted by atomic mass is 10.1. The highest BCUT2D eigenvalue weighted by Crippen LogP contribution is 2.16. The summed E-state index contributed by atoms with van der Waals surface area (Å²) in [5, 5.41) is 3.48. The van der Waals surface area contributed by atoms with Crippen molar-refractivity contribution < 1.29 is 4.74 Å². The Labute approximate surface area is 96.4 Å². The summed E-state index contributed by atoms with van der Waals surface area (Å²) in [5.41, 5.74) is 1.30. The molecule has 1 aromatic rings. The zero-order valence-corrected chi connectivity index (χ0v) is 10.4. The van der Waals surface area contributed by atoms with Gasteiger partial charge in [0.25, 0.3) is 0 Å². The first kappa shape index (κ1) is 12.4. The fourth-order valence-corrected chi connectivity index (χ4v) is 1.71. The van der Waals surface area contributed by atoms with Gasteiger partial charge >= 0.3 is 0 Å². The quantitative estimate of drug-likeness (QED) is 0.752. The number of benzene rings is 1. The second-order valence-corrected chi connectivity index (χ2v) is 4.43. The van der Waals surface area contributed by atoms with Crippen LogP contribution in [0.4, 0.5) is 0 Å². The topological polar surface area (TPSA) is 21.3 Å². The number of thioether (sulfide) groups is 1. The van der Waals surface area contributed by atoms with Crippen LogP contribution >= 0.6 is 11.8 Å². The highest BCUT2D eigenvalue weighted by molar-refractivity contribution is 7.98. The zero-order valence-electron chi connectivity index (χ0n) is 9.62. The van der Waals surface area contributed by atoms with Gasteiger partial charge in [-0.1, -0.05) is 12.1 Å². The number of nitrogens with one attached hydrogen (secondary N) is 1. The lowest BCUT2D eigenvalue weighted by molar-refractivity contribution is 0.414. The minimum absolute atomic E-state index is 0.406. The minimum Gasteiger partial charge on any atom is -0.497 e. The molecule has 1 N–H and O–H groups in total. The molecule has 1 rings (SSSR count). The normalized spacial score (nSPS) is 12.5. The number of ether oxygens (including phenoxy) is 1. The Morgan fingerprint density at radius 2 is 2.00 bits per heavy atom. The van der Waals surface area contributed by atoms with E-state index in [0.717, 1.165) is 18.0 Å². The molecule has 0 saturated heterocycles. The molecular formula is C12H19NOS. The van der Waals surface area contributed by atoms with Gasteiger partial charge < -0.3 is 10.1 Å². The highest BCUT2D eigenvalue weighted by Gasteiger charge is 2.03. The van der Waals surface area contributed by atoms with E-state index in [-0.39, 0.29) is 0 Å². The van der Waals surface area contributed by atoms with Gasteiger partial charge in [-0.25, -0.2) is 0 Å². The Hall–Kier alpha value is -0.670. The van der Waals surface area contributed by atoms with Crippen molar-refractivity contribution in [2.45, 2.75) is 13.0 Å². The van der Waals surface area contributed by atoms with Crippen LogP contribution in [0.2, 0.25) is 0 Å². The van der Waals surface area contributed by atoms with Crippen LogP contribution in [-0.4, -0.2) is 25.7 Å². The van der Waals surface area contributed by atoms with Crippen LogP contribution in [0.1, 0.15) is 18.5 Å². The summed E-state index contributed by atoms with van der Waals surface area (Å²) >= 11 is 1.86. The third-order valence-corrected chi connectivity index (χ3v) is 2.98. The first-order valence-electron chi connectivity index (χ1n) is 5.14. The smallest absolute Gasteiger partial charge is 0.118 e. The van der Waals surface area contributed by atoms with Crippen LogP contribution in [0.3, 0.4) is 0 Å². The third kappa shape index (κ3) is 4.14. The molecular weight excluding hydrogens is 206 g/mol. The largest absolute Gasteiger partial charge is 0.497 e. The van der Waals surface area contributed by atoms with Crippen LogP contribution in [0, 0.1) is 0 Å². The van der Waals surface area contributed by atoms with Crippen molar-refractivity contribution in [1.29, 1.82) is 0 Å². The molecule has 0 saturated carbocycles. The predicted molar refractivity (Wildman–Crippen MR) is 67.8 cm³/mol. The molecule has 0 unspecified atom stereocenters. The van der Waals surface area contributed by atoms with Gasteiger partial charge in [-0.3, -0.25) is 0 Å². The van der Waals surface area contributed by atoms with Gasteiger partial charge in [-0.15, -0.1) is 0 Å². The Bertz CT molecular complexity index is 273. The lowest BCUT2D eigenvalue weighted by Crippen LogP contribution is -2.21. The number of methoxy groups -OCH3 is 1. The van der Waals surface area contributed by atoms with Crippen LogP contribution in [0.25, 0.3) is 0 Å². The monoisotopic (exact) mass is 225 g/mol. The summed E-state index contributed by atoms with van der Waals surface area (Å²) in [4.78, 5) is 0. The maximum atomic E-state index is 5.12. The summed E-state index contributed by atoms with van der Waals surface area (Å²) in [5.74, 6) is 2.07. The molecule has 0 heterocycles. The van der Waals surface area contributed by atoms with Crippen molar-refractivity contribution in [1.82, 2.24) is 5.32 Å². The van der Waals surface area contributed by atoms with E-state index >= 15 is 0 Å². The molecule has 0 amide bonds. The molecule has 1 atom stereocenters. The summed E-state index contributed by atoms with van der Waals surface area (Å²) < 4.78 is 5.12. The van der Waals surface area contributed by atoms with Crippen LogP contribution in [0.5, 0.6) is 5.75 Å². The van der Waals surface area contributed by atoms with E-state index in [1.54, 1.807) is 7.11 Å². The molecule has 2 nitrogen and oxygen atoms in total. The standard InChI is InChI=1S/C12H19NOS/c1-10(13-8-9-15-3)11-4-6-12(14-2)7-5-11/h4-7,10,13H,8-9H2,1-3H3/t10-/m1/s1. The molecule has 1 aromatic carbocycles. The highest BCUT2D eigenvalue weighted by atomic mass is 32.2. The van der Waals surface area contributed by atoms with E-state index in [1.165, 1.54) is 5.56 Å². The van der Waals surface area contributed by atoms with Gasteiger partial charge in [0.2, 0.25) is 0 Å². The van der Waals surface area contributed by atoms with Gasteiger partial charge in [0.05, 0.1) is 7.11 Å². The van der Waals surface area contributed by atoms with Crippen LogP contribution < -0.4 is 10.1 Å². The number of hydrogen-bond donors (Lipinski definition) is 1. The Balaban J connectivity index is 2.46.